The van der Waals surface area contributed by atoms with Crippen molar-refractivity contribution in [1.82, 2.24) is 15.2 Å². The fourth-order valence-corrected chi connectivity index (χ4v) is 7.08. The molecule has 0 unspecified atom stereocenters. The number of alkyl carbamates (subject to hydrolysis) is 1. The molecule has 4 atom stereocenters. The van der Waals surface area contributed by atoms with Crippen LogP contribution >= 0.6 is 0 Å². The van der Waals surface area contributed by atoms with E-state index < -0.39 is 36.1 Å². The van der Waals surface area contributed by atoms with Crippen LogP contribution in [0.1, 0.15) is 71.5 Å². The lowest BCUT2D eigenvalue weighted by Crippen LogP contribution is -2.52. The number of nitrogens with zero attached hydrogens (tertiary/aromatic N) is 2. The number of rotatable bonds is 19. The molecule has 2 heterocycles. The first-order valence-corrected chi connectivity index (χ1v) is 19.4. The van der Waals surface area contributed by atoms with Crippen molar-refractivity contribution in [2.24, 2.45) is 11.7 Å². The first-order chi connectivity index (χ1) is 27.3. The molecule has 1 saturated heterocycles. The fraction of sp³-hybridized carbons (Fsp3) is 0.356. The second-order valence-electron chi connectivity index (χ2n) is 14.4. The van der Waals surface area contributed by atoms with Crippen molar-refractivity contribution in [1.29, 1.82) is 0 Å². The van der Waals surface area contributed by atoms with E-state index in [1.807, 2.05) is 97.9 Å². The number of unbranched alkanes of at least 4 members (excludes halogenated alkanes) is 1. The summed E-state index contributed by atoms with van der Waals surface area (Å²) >= 11 is 0. The Morgan fingerprint density at radius 1 is 0.839 bits per heavy atom. The SMILES string of the molecule is Cc1ccc(CO[C@@H]2C[C@@H](C(=O)C[C@@H](CCCCN)C(=O)c3nc4ccccc4o3)N(C(=O)[C@@H](CCc3ccccc3)NC(=O)OCc3ccccc3)C2)cc1. The van der Waals surface area contributed by atoms with Gasteiger partial charge in [-0.1, -0.05) is 109 Å². The smallest absolute Gasteiger partial charge is 0.408 e. The summed E-state index contributed by atoms with van der Waals surface area (Å²) in [5, 5.41) is 2.81. The molecule has 56 heavy (non-hydrogen) atoms. The number of benzene rings is 4. The summed E-state index contributed by atoms with van der Waals surface area (Å²) in [6.45, 7) is 2.94. The summed E-state index contributed by atoms with van der Waals surface area (Å²) in [4.78, 5) is 62.2. The summed E-state index contributed by atoms with van der Waals surface area (Å²) < 4.78 is 17.7. The number of fused-ring (bicyclic) bond motifs is 1. The molecular formula is C45H50N4O7. The third-order valence-corrected chi connectivity index (χ3v) is 10.2. The van der Waals surface area contributed by atoms with Gasteiger partial charge in [-0.3, -0.25) is 14.4 Å². The highest BCUT2D eigenvalue weighted by molar-refractivity contribution is 6.00. The standard InChI is InChI=1S/C45H50N4O7/c1-31-19-21-34(22-20-31)29-54-36-27-39(40(50)26-35(16-10-11-25-46)42(51)43-47-37-17-8-9-18-41(37)56-43)49(28-36)44(52)38(24-23-32-12-4-2-5-13-32)48-45(53)55-30-33-14-6-3-7-15-33/h2-9,12-15,17-22,35-36,38-39H,10-11,16,23-30,46H2,1H3,(H,48,53)/t35-,36-,38-,39+/m1/s1. The van der Waals surface area contributed by atoms with E-state index in [-0.39, 0.29) is 49.9 Å². The predicted octanol–water partition coefficient (Wildman–Crippen LogP) is 7.14. The number of likely N-dealkylation sites (tertiary alicyclic amines) is 1. The number of oxazole rings is 1. The first-order valence-electron chi connectivity index (χ1n) is 19.4. The van der Waals surface area contributed by atoms with Gasteiger partial charge in [0.05, 0.1) is 18.8 Å². The summed E-state index contributed by atoms with van der Waals surface area (Å²) in [5.74, 6) is -1.82. The number of hydrogen-bond acceptors (Lipinski definition) is 9. The maximum atomic E-state index is 14.6. The van der Waals surface area contributed by atoms with Crippen molar-refractivity contribution < 1.29 is 33.1 Å². The van der Waals surface area contributed by atoms with Crippen molar-refractivity contribution in [3.05, 3.63) is 137 Å². The number of aryl methyl sites for hydroxylation is 2. The van der Waals surface area contributed by atoms with Crippen LogP contribution in [0, 0.1) is 12.8 Å². The van der Waals surface area contributed by atoms with E-state index in [0.717, 1.165) is 22.3 Å². The number of amides is 2. The average molecular weight is 759 g/mol. The van der Waals surface area contributed by atoms with Gasteiger partial charge < -0.3 is 29.8 Å². The Morgan fingerprint density at radius 2 is 1.52 bits per heavy atom. The highest BCUT2D eigenvalue weighted by Gasteiger charge is 2.43. The summed E-state index contributed by atoms with van der Waals surface area (Å²) in [5.41, 5.74) is 10.7. The minimum absolute atomic E-state index is 0.0334. The maximum Gasteiger partial charge on any atom is 0.408 e. The predicted molar refractivity (Wildman–Crippen MR) is 213 cm³/mol. The number of ketones is 2. The van der Waals surface area contributed by atoms with Gasteiger partial charge in [-0.05, 0) is 68.0 Å². The lowest BCUT2D eigenvalue weighted by Gasteiger charge is -2.29. The lowest BCUT2D eigenvalue weighted by molar-refractivity contribution is -0.139. The summed E-state index contributed by atoms with van der Waals surface area (Å²) in [6.07, 6.45) is 1.41. The summed E-state index contributed by atoms with van der Waals surface area (Å²) in [7, 11) is 0. The molecule has 1 aromatic heterocycles. The highest BCUT2D eigenvalue weighted by atomic mass is 16.5. The number of para-hydroxylation sites is 2. The van der Waals surface area contributed by atoms with E-state index in [2.05, 4.69) is 10.3 Å². The van der Waals surface area contributed by atoms with Crippen molar-refractivity contribution in [2.45, 2.75) is 83.3 Å². The van der Waals surface area contributed by atoms with Gasteiger partial charge in [-0.2, -0.15) is 0 Å². The zero-order chi connectivity index (χ0) is 39.3. The Bertz CT molecular complexity index is 2020. The molecule has 11 heteroatoms. The first kappa shape index (κ1) is 40.0. The number of nitrogens with one attached hydrogen (secondary N) is 1. The van der Waals surface area contributed by atoms with E-state index in [1.54, 1.807) is 18.2 Å². The quantitative estimate of drug-likeness (QED) is 0.0661. The van der Waals surface area contributed by atoms with Crippen molar-refractivity contribution in [3.63, 3.8) is 0 Å². The second kappa shape index (κ2) is 19.8. The van der Waals surface area contributed by atoms with E-state index >= 15 is 0 Å². The largest absolute Gasteiger partial charge is 0.445 e. The number of hydrogen-bond donors (Lipinski definition) is 2. The fourth-order valence-electron chi connectivity index (χ4n) is 7.08. The molecule has 1 aliphatic heterocycles. The average Bonchev–Trinajstić information content (AvgIpc) is 3.87. The molecule has 3 N–H and O–H groups in total. The van der Waals surface area contributed by atoms with Gasteiger partial charge in [0.25, 0.3) is 5.89 Å². The number of nitrogens with two attached hydrogens (primary N) is 1. The number of carbonyl (C=O) groups is 4. The number of aromatic nitrogens is 1. The van der Waals surface area contributed by atoms with E-state index in [4.69, 9.17) is 19.6 Å². The summed E-state index contributed by atoms with van der Waals surface area (Å²) in [6, 6.07) is 32.2. The number of Topliss-reactive ketones (excluding diaryl/α,β-unsaturated/α-hetero) is 2. The third-order valence-electron chi connectivity index (χ3n) is 10.2. The zero-order valence-electron chi connectivity index (χ0n) is 31.8. The van der Waals surface area contributed by atoms with Gasteiger partial charge in [0.1, 0.15) is 18.2 Å². The van der Waals surface area contributed by atoms with Crippen LogP contribution in [-0.2, 0) is 38.7 Å². The molecule has 11 nitrogen and oxygen atoms in total. The maximum absolute atomic E-state index is 14.6. The molecule has 0 spiro atoms. The Morgan fingerprint density at radius 3 is 2.23 bits per heavy atom. The van der Waals surface area contributed by atoms with E-state index in [1.165, 1.54) is 4.90 Å². The van der Waals surface area contributed by atoms with Crippen molar-refractivity contribution >= 4 is 34.7 Å². The Balaban J connectivity index is 1.23. The van der Waals surface area contributed by atoms with Crippen LogP contribution in [0.5, 0.6) is 0 Å². The van der Waals surface area contributed by atoms with Gasteiger partial charge >= 0.3 is 6.09 Å². The molecule has 6 rings (SSSR count). The Labute approximate surface area is 327 Å². The molecule has 1 aliphatic rings. The minimum Gasteiger partial charge on any atom is -0.445 e. The lowest BCUT2D eigenvalue weighted by atomic mass is 9.89. The zero-order valence-corrected chi connectivity index (χ0v) is 31.8. The van der Waals surface area contributed by atoms with Gasteiger partial charge in [0.15, 0.2) is 11.4 Å². The molecular weight excluding hydrogens is 709 g/mol. The topological polar surface area (TPSA) is 154 Å². The highest BCUT2D eigenvalue weighted by Crippen LogP contribution is 2.29. The molecule has 0 radical (unpaired) electrons. The van der Waals surface area contributed by atoms with Crippen molar-refractivity contribution in [3.8, 4) is 0 Å². The van der Waals surface area contributed by atoms with Crippen molar-refractivity contribution in [2.75, 3.05) is 13.1 Å². The molecule has 0 aliphatic carbocycles. The molecule has 0 bridgehead atoms. The van der Waals surface area contributed by atoms with E-state index in [9.17, 15) is 19.2 Å². The minimum atomic E-state index is -0.994. The van der Waals surface area contributed by atoms with Gasteiger partial charge in [-0.25, -0.2) is 9.78 Å². The third kappa shape index (κ3) is 11.0. The van der Waals surface area contributed by atoms with E-state index in [0.29, 0.717) is 49.9 Å². The van der Waals surface area contributed by atoms with Crippen LogP contribution in [0.25, 0.3) is 11.1 Å². The molecule has 292 valence electrons. The van der Waals surface area contributed by atoms with Crippen LogP contribution < -0.4 is 11.1 Å². The Hall–Kier alpha value is -5.65. The molecule has 2 amide bonds. The van der Waals surface area contributed by atoms with Gasteiger partial charge in [-0.15, -0.1) is 0 Å². The Kier molecular flexibility index (Phi) is 14.1. The van der Waals surface area contributed by atoms with Crippen LogP contribution in [0.15, 0.2) is 114 Å². The molecule has 1 fully saturated rings. The molecule has 4 aromatic carbocycles. The second-order valence-corrected chi connectivity index (χ2v) is 14.4. The van der Waals surface area contributed by atoms with Gasteiger partial charge in [0.2, 0.25) is 11.7 Å². The molecule has 0 saturated carbocycles. The molecule has 5 aromatic rings. The van der Waals surface area contributed by atoms with Crippen LogP contribution in [0.4, 0.5) is 4.79 Å². The van der Waals surface area contributed by atoms with Crippen LogP contribution in [-0.4, -0.2) is 64.7 Å². The van der Waals surface area contributed by atoms with Crippen LogP contribution in [0.3, 0.4) is 0 Å². The number of ether oxygens (including phenoxy) is 2. The normalized spacial score (nSPS) is 16.4. The van der Waals surface area contributed by atoms with Crippen LogP contribution in [0.2, 0.25) is 0 Å². The van der Waals surface area contributed by atoms with Gasteiger partial charge in [0, 0.05) is 25.3 Å². The number of carbonyl (C=O) groups excluding carboxylic acids is 4. The monoisotopic (exact) mass is 758 g/mol.